The second kappa shape index (κ2) is 6.53. The second-order valence-electron chi connectivity index (χ2n) is 5.83. The number of nitrogens with zero attached hydrogens (tertiary/aromatic N) is 2. The van der Waals surface area contributed by atoms with Crippen molar-refractivity contribution in [3.63, 3.8) is 0 Å². The molecule has 1 aliphatic heterocycles. The molecule has 24 heavy (non-hydrogen) atoms. The topological polar surface area (TPSA) is 74.8 Å². The highest BCUT2D eigenvalue weighted by Gasteiger charge is 2.48. The van der Waals surface area contributed by atoms with Crippen LogP contribution in [0.1, 0.15) is 36.0 Å². The summed E-state index contributed by atoms with van der Waals surface area (Å²) in [6.07, 6.45) is 3.20. The van der Waals surface area contributed by atoms with Gasteiger partial charge in [0, 0.05) is 16.6 Å². The number of imide groups is 2. The minimum atomic E-state index is -0.967. The molecule has 0 atom stereocenters. The van der Waals surface area contributed by atoms with Crippen LogP contribution in [0.4, 0.5) is 4.79 Å². The van der Waals surface area contributed by atoms with Gasteiger partial charge in [-0.3, -0.25) is 19.3 Å². The molecule has 1 heterocycles. The molecular formula is C16H14Cl2N2O4. The quantitative estimate of drug-likeness (QED) is 0.465. The van der Waals surface area contributed by atoms with Crippen LogP contribution >= 0.6 is 23.2 Å². The van der Waals surface area contributed by atoms with Crippen molar-refractivity contribution in [2.24, 2.45) is 0 Å². The van der Waals surface area contributed by atoms with Gasteiger partial charge in [-0.2, -0.15) is 0 Å². The molecule has 1 aliphatic carbocycles. The molecule has 0 N–H and O–H groups in total. The van der Waals surface area contributed by atoms with Crippen LogP contribution in [0.15, 0.2) is 18.2 Å². The fourth-order valence-corrected chi connectivity index (χ4v) is 3.60. The van der Waals surface area contributed by atoms with Crippen molar-refractivity contribution in [1.82, 2.24) is 9.80 Å². The Kier molecular flexibility index (Phi) is 4.60. The third-order valence-electron chi connectivity index (χ3n) is 4.31. The molecule has 1 aromatic carbocycles. The molecule has 0 radical (unpaired) electrons. The largest absolute Gasteiger partial charge is 0.334 e. The summed E-state index contributed by atoms with van der Waals surface area (Å²) in [5.41, 5.74) is 0.147. The molecular weight excluding hydrogens is 355 g/mol. The van der Waals surface area contributed by atoms with Crippen LogP contribution in [-0.4, -0.2) is 46.0 Å². The van der Waals surface area contributed by atoms with E-state index in [0.29, 0.717) is 22.8 Å². The average molecular weight is 369 g/mol. The van der Waals surface area contributed by atoms with E-state index in [1.165, 1.54) is 18.2 Å². The summed E-state index contributed by atoms with van der Waals surface area (Å²) < 4.78 is 0. The molecule has 8 heteroatoms. The highest BCUT2D eigenvalue weighted by Crippen LogP contribution is 2.28. The predicted octanol–water partition coefficient (Wildman–Crippen LogP) is 2.91. The lowest BCUT2D eigenvalue weighted by atomic mass is 10.1. The number of carbonyl (C=O) groups is 4. The van der Waals surface area contributed by atoms with Crippen LogP contribution < -0.4 is 0 Å². The van der Waals surface area contributed by atoms with Gasteiger partial charge in [0.1, 0.15) is 0 Å². The van der Waals surface area contributed by atoms with E-state index in [1.54, 1.807) is 0 Å². The molecule has 0 aromatic heterocycles. The third-order valence-corrected chi connectivity index (χ3v) is 4.85. The van der Waals surface area contributed by atoms with Gasteiger partial charge in [0.15, 0.2) is 5.78 Å². The zero-order valence-corrected chi connectivity index (χ0v) is 14.1. The average Bonchev–Trinajstić information content (AvgIpc) is 3.11. The summed E-state index contributed by atoms with van der Waals surface area (Å²) in [7, 11) is 0. The Morgan fingerprint density at radius 3 is 2.38 bits per heavy atom. The van der Waals surface area contributed by atoms with Gasteiger partial charge >= 0.3 is 17.8 Å². The number of hydrogen-bond acceptors (Lipinski definition) is 4. The third kappa shape index (κ3) is 2.91. The van der Waals surface area contributed by atoms with E-state index in [-0.39, 0.29) is 16.6 Å². The first kappa shape index (κ1) is 16.9. The fraction of sp³-hybridized carbons (Fsp3) is 0.375. The van der Waals surface area contributed by atoms with Crippen molar-refractivity contribution in [2.75, 3.05) is 6.54 Å². The predicted molar refractivity (Wildman–Crippen MR) is 87.0 cm³/mol. The molecule has 126 valence electrons. The zero-order chi connectivity index (χ0) is 17.4. The van der Waals surface area contributed by atoms with E-state index in [9.17, 15) is 19.2 Å². The van der Waals surface area contributed by atoms with Crippen molar-refractivity contribution in [2.45, 2.75) is 31.7 Å². The van der Waals surface area contributed by atoms with Gasteiger partial charge in [-0.25, -0.2) is 9.69 Å². The standard InChI is InChI=1S/C16H14Cl2N2O4/c17-9-5-6-11(12(18)7-9)13(21)8-19-14(22)15(23)20(16(19)24)10-3-1-2-4-10/h5-7,10H,1-4,8H2. The summed E-state index contributed by atoms with van der Waals surface area (Å²) in [5.74, 6) is -2.35. The lowest BCUT2D eigenvalue weighted by Gasteiger charge is -2.20. The maximum Gasteiger partial charge on any atom is 0.334 e. The van der Waals surface area contributed by atoms with Crippen molar-refractivity contribution in [1.29, 1.82) is 0 Å². The van der Waals surface area contributed by atoms with Gasteiger partial charge in [-0.05, 0) is 31.0 Å². The van der Waals surface area contributed by atoms with E-state index in [2.05, 4.69) is 0 Å². The maximum absolute atomic E-state index is 12.4. The lowest BCUT2D eigenvalue weighted by molar-refractivity contribution is -0.143. The molecule has 1 saturated carbocycles. The van der Waals surface area contributed by atoms with E-state index < -0.39 is 30.2 Å². The van der Waals surface area contributed by atoms with E-state index in [1.807, 2.05) is 0 Å². The first-order valence-electron chi connectivity index (χ1n) is 7.57. The van der Waals surface area contributed by atoms with Gasteiger partial charge in [-0.15, -0.1) is 0 Å². The minimum absolute atomic E-state index is 0.130. The Hall–Kier alpha value is -1.92. The fourth-order valence-electron chi connectivity index (χ4n) is 3.09. The first-order chi connectivity index (χ1) is 11.4. The SMILES string of the molecule is O=C(CN1C(=O)C(=O)N(C2CCCC2)C1=O)c1ccc(Cl)cc1Cl. The number of Topliss-reactive ketones (excluding diaryl/α,β-unsaturated/α-hetero) is 1. The number of urea groups is 1. The van der Waals surface area contributed by atoms with E-state index >= 15 is 0 Å². The molecule has 0 unspecified atom stereocenters. The summed E-state index contributed by atoms with van der Waals surface area (Å²) in [6.45, 7) is -0.520. The Balaban J connectivity index is 1.79. The maximum atomic E-state index is 12.4. The molecule has 2 fully saturated rings. The van der Waals surface area contributed by atoms with Gasteiger partial charge in [0.25, 0.3) is 0 Å². The van der Waals surface area contributed by atoms with Crippen molar-refractivity contribution in [3.05, 3.63) is 33.8 Å². The van der Waals surface area contributed by atoms with E-state index in [4.69, 9.17) is 23.2 Å². The Morgan fingerprint density at radius 1 is 1.08 bits per heavy atom. The van der Waals surface area contributed by atoms with Gasteiger partial charge in [-0.1, -0.05) is 36.0 Å². The molecule has 4 amide bonds. The smallest absolute Gasteiger partial charge is 0.292 e. The molecule has 6 nitrogen and oxygen atoms in total. The minimum Gasteiger partial charge on any atom is -0.292 e. The van der Waals surface area contributed by atoms with Crippen molar-refractivity contribution in [3.8, 4) is 0 Å². The first-order valence-corrected chi connectivity index (χ1v) is 8.33. The lowest BCUT2D eigenvalue weighted by Crippen LogP contribution is -2.41. The number of amides is 4. The summed E-state index contributed by atoms with van der Waals surface area (Å²) >= 11 is 11.8. The normalized spacial score (nSPS) is 18.8. The highest BCUT2D eigenvalue weighted by molar-refractivity contribution is 6.45. The van der Waals surface area contributed by atoms with Crippen LogP contribution in [0.25, 0.3) is 0 Å². The van der Waals surface area contributed by atoms with Crippen LogP contribution in [0.2, 0.25) is 10.0 Å². The summed E-state index contributed by atoms with van der Waals surface area (Å²) in [4.78, 5) is 50.7. The molecule has 1 aromatic rings. The highest BCUT2D eigenvalue weighted by atomic mass is 35.5. The van der Waals surface area contributed by atoms with Crippen LogP contribution in [0.3, 0.4) is 0 Å². The monoisotopic (exact) mass is 368 g/mol. The van der Waals surface area contributed by atoms with Crippen LogP contribution in [0.5, 0.6) is 0 Å². The van der Waals surface area contributed by atoms with Gasteiger partial charge in [0.2, 0.25) is 0 Å². The summed E-state index contributed by atoms with van der Waals surface area (Å²) in [6, 6.07) is 3.34. The summed E-state index contributed by atoms with van der Waals surface area (Å²) in [5, 5.41) is 0.498. The molecule has 2 aliphatic rings. The van der Waals surface area contributed by atoms with Crippen LogP contribution in [-0.2, 0) is 9.59 Å². The van der Waals surface area contributed by atoms with Crippen molar-refractivity contribution < 1.29 is 19.2 Å². The Labute approximate surface area is 148 Å². The number of rotatable bonds is 4. The molecule has 0 bridgehead atoms. The van der Waals surface area contributed by atoms with Gasteiger partial charge < -0.3 is 0 Å². The number of benzene rings is 1. The van der Waals surface area contributed by atoms with E-state index in [0.717, 1.165) is 17.7 Å². The number of carbonyl (C=O) groups excluding carboxylic acids is 4. The number of ketones is 1. The number of hydrogen-bond donors (Lipinski definition) is 0. The Bertz CT molecular complexity index is 744. The molecule has 0 spiro atoms. The van der Waals surface area contributed by atoms with Gasteiger partial charge in [0.05, 0.1) is 11.6 Å². The second-order valence-corrected chi connectivity index (χ2v) is 6.68. The van der Waals surface area contributed by atoms with Crippen LogP contribution in [0, 0.1) is 0 Å². The molecule has 3 rings (SSSR count). The zero-order valence-electron chi connectivity index (χ0n) is 12.6. The molecule has 1 saturated heterocycles. The number of halogens is 2. The Morgan fingerprint density at radius 2 is 1.75 bits per heavy atom. The van der Waals surface area contributed by atoms with Crippen molar-refractivity contribution >= 4 is 46.8 Å².